The summed E-state index contributed by atoms with van der Waals surface area (Å²) in [5.74, 6) is 0.980. The Kier molecular flexibility index (Phi) is 5.41. The quantitative estimate of drug-likeness (QED) is 0.514. The Morgan fingerprint density at radius 2 is 2.04 bits per heavy atom. The number of nitrogens with one attached hydrogen (secondary N) is 1. The lowest BCUT2D eigenvalue weighted by Gasteiger charge is -2.14. The van der Waals surface area contributed by atoms with Crippen molar-refractivity contribution >= 4 is 34.5 Å². The molecule has 3 aromatic rings. The lowest BCUT2D eigenvalue weighted by molar-refractivity contribution is -0.116. The summed E-state index contributed by atoms with van der Waals surface area (Å²) in [4.78, 5) is 30.2. The molecule has 0 radical (unpaired) electrons. The number of aromatic nitrogens is 4. The molecular formula is C18H23N5O3S. The van der Waals surface area contributed by atoms with Crippen molar-refractivity contribution in [2.24, 2.45) is 5.92 Å². The fraction of sp³-hybridized carbons (Fsp3) is 0.444. The Labute approximate surface area is 160 Å². The van der Waals surface area contributed by atoms with Crippen LogP contribution >= 0.6 is 11.8 Å². The minimum absolute atomic E-state index is 0.00153. The second-order valence-electron chi connectivity index (χ2n) is 6.88. The number of hydrogen-bond donors (Lipinski definition) is 1. The van der Waals surface area contributed by atoms with Crippen LogP contribution in [0.25, 0.3) is 11.0 Å². The summed E-state index contributed by atoms with van der Waals surface area (Å²) < 4.78 is 8.34. The largest absolute Gasteiger partial charge is 0.360 e. The van der Waals surface area contributed by atoms with Gasteiger partial charge in [-0.05, 0) is 32.1 Å². The van der Waals surface area contributed by atoms with Gasteiger partial charge in [0, 0.05) is 18.3 Å². The average Bonchev–Trinajstić information content (AvgIpc) is 3.13. The van der Waals surface area contributed by atoms with Crippen molar-refractivity contribution in [1.82, 2.24) is 19.3 Å². The third-order valence-electron chi connectivity index (χ3n) is 4.11. The Morgan fingerprint density at radius 3 is 2.63 bits per heavy atom. The van der Waals surface area contributed by atoms with Crippen LogP contribution in [0, 0.1) is 19.8 Å². The van der Waals surface area contributed by atoms with Crippen LogP contribution < -0.4 is 10.9 Å². The molecule has 0 aliphatic carbocycles. The van der Waals surface area contributed by atoms with E-state index < -0.39 is 0 Å². The molecule has 3 rings (SSSR count). The van der Waals surface area contributed by atoms with Crippen LogP contribution in [0.5, 0.6) is 0 Å². The first-order valence-corrected chi connectivity index (χ1v) is 9.90. The van der Waals surface area contributed by atoms with E-state index in [1.165, 1.54) is 11.8 Å². The predicted octanol–water partition coefficient (Wildman–Crippen LogP) is 2.82. The van der Waals surface area contributed by atoms with Crippen LogP contribution in [-0.4, -0.2) is 31.4 Å². The molecule has 9 heteroatoms. The summed E-state index contributed by atoms with van der Waals surface area (Å²) in [6.07, 6.45) is 1.90. The van der Waals surface area contributed by atoms with E-state index in [-0.39, 0.29) is 18.0 Å². The van der Waals surface area contributed by atoms with Crippen LogP contribution in [0.15, 0.2) is 26.6 Å². The number of aryl methyl sites for hydroxylation is 2. The van der Waals surface area contributed by atoms with E-state index in [1.54, 1.807) is 22.1 Å². The van der Waals surface area contributed by atoms with Crippen molar-refractivity contribution in [1.29, 1.82) is 0 Å². The van der Waals surface area contributed by atoms with E-state index in [9.17, 15) is 9.59 Å². The minimum Gasteiger partial charge on any atom is -0.360 e. The van der Waals surface area contributed by atoms with E-state index in [0.717, 1.165) is 5.69 Å². The number of thioether (sulfide) groups is 1. The Bertz CT molecular complexity index is 1050. The van der Waals surface area contributed by atoms with E-state index >= 15 is 0 Å². The van der Waals surface area contributed by atoms with Crippen molar-refractivity contribution in [3.05, 3.63) is 33.9 Å². The summed E-state index contributed by atoms with van der Waals surface area (Å²) in [6, 6.07) is 3.48. The molecule has 0 saturated carbocycles. The lowest BCUT2D eigenvalue weighted by atomic mass is 10.2. The number of carbonyl (C=O) groups is 1. The summed E-state index contributed by atoms with van der Waals surface area (Å²) in [5, 5.41) is 7.12. The molecule has 1 N–H and O–H groups in total. The molecule has 0 unspecified atom stereocenters. The minimum atomic E-state index is -0.285. The fourth-order valence-corrected chi connectivity index (χ4v) is 3.55. The van der Waals surface area contributed by atoms with Gasteiger partial charge in [-0.3, -0.25) is 14.2 Å². The molecule has 3 heterocycles. The number of carbonyl (C=O) groups excluding carboxylic acids is 1. The smallest absolute Gasteiger partial charge is 0.278 e. The number of amides is 1. The number of fused-ring (bicyclic) bond motifs is 1. The van der Waals surface area contributed by atoms with Crippen molar-refractivity contribution in [2.75, 3.05) is 11.6 Å². The van der Waals surface area contributed by atoms with E-state index in [2.05, 4.69) is 29.3 Å². The van der Waals surface area contributed by atoms with Crippen molar-refractivity contribution in [3.8, 4) is 0 Å². The van der Waals surface area contributed by atoms with Gasteiger partial charge in [0.1, 0.15) is 17.8 Å². The van der Waals surface area contributed by atoms with Gasteiger partial charge < -0.3 is 14.4 Å². The molecule has 0 atom stereocenters. The molecular weight excluding hydrogens is 366 g/mol. The normalized spacial score (nSPS) is 11.5. The maximum Gasteiger partial charge on any atom is 0.278 e. The average molecular weight is 389 g/mol. The zero-order valence-electron chi connectivity index (χ0n) is 16.1. The molecule has 27 heavy (non-hydrogen) atoms. The maximum absolute atomic E-state index is 13.2. The topological polar surface area (TPSA) is 95.0 Å². The summed E-state index contributed by atoms with van der Waals surface area (Å²) >= 11 is 1.44. The molecule has 1 amide bonds. The van der Waals surface area contributed by atoms with Gasteiger partial charge in [0.15, 0.2) is 11.0 Å². The number of nitrogens with zero attached hydrogens (tertiary/aromatic N) is 4. The monoisotopic (exact) mass is 389 g/mol. The van der Waals surface area contributed by atoms with E-state index in [0.29, 0.717) is 40.2 Å². The molecule has 0 saturated heterocycles. The highest BCUT2D eigenvalue weighted by molar-refractivity contribution is 7.98. The summed E-state index contributed by atoms with van der Waals surface area (Å²) in [5.41, 5.74) is 1.72. The summed E-state index contributed by atoms with van der Waals surface area (Å²) in [7, 11) is 0. The van der Waals surface area contributed by atoms with Crippen LogP contribution in [-0.2, 0) is 17.9 Å². The van der Waals surface area contributed by atoms with Gasteiger partial charge in [0.05, 0.1) is 5.52 Å². The first-order chi connectivity index (χ1) is 12.8. The Balaban J connectivity index is 2.01. The van der Waals surface area contributed by atoms with Crippen LogP contribution in [0.3, 0.4) is 0 Å². The SMILES string of the molecule is CSc1nc2cc(C)n(CC(=O)Nc3cc(C)on3)c2c(=O)n1CC(C)C. The zero-order valence-corrected chi connectivity index (χ0v) is 16.9. The number of rotatable bonds is 6. The molecule has 0 fully saturated rings. The molecule has 144 valence electrons. The first kappa shape index (κ1) is 19.2. The van der Waals surface area contributed by atoms with Gasteiger partial charge in [-0.1, -0.05) is 30.8 Å². The van der Waals surface area contributed by atoms with Crippen molar-refractivity contribution in [2.45, 2.75) is 45.9 Å². The molecule has 8 nitrogen and oxygen atoms in total. The number of hydrogen-bond acceptors (Lipinski definition) is 6. The lowest BCUT2D eigenvalue weighted by Crippen LogP contribution is -2.28. The third kappa shape index (κ3) is 3.92. The van der Waals surface area contributed by atoms with Crippen LogP contribution in [0.2, 0.25) is 0 Å². The molecule has 0 aromatic carbocycles. The molecule has 0 bridgehead atoms. The second kappa shape index (κ2) is 7.59. The predicted molar refractivity (Wildman–Crippen MR) is 105 cm³/mol. The summed E-state index contributed by atoms with van der Waals surface area (Å²) in [6.45, 7) is 8.29. The van der Waals surface area contributed by atoms with Gasteiger partial charge in [0.2, 0.25) is 5.91 Å². The van der Waals surface area contributed by atoms with Crippen molar-refractivity contribution < 1.29 is 9.32 Å². The van der Waals surface area contributed by atoms with E-state index in [4.69, 9.17) is 4.52 Å². The molecule has 0 aliphatic rings. The van der Waals surface area contributed by atoms with Crippen LogP contribution in [0.1, 0.15) is 25.3 Å². The Hall–Kier alpha value is -2.55. The van der Waals surface area contributed by atoms with Crippen molar-refractivity contribution in [3.63, 3.8) is 0 Å². The Morgan fingerprint density at radius 1 is 1.30 bits per heavy atom. The van der Waals surface area contributed by atoms with Crippen LogP contribution in [0.4, 0.5) is 5.82 Å². The molecule has 3 aromatic heterocycles. The fourth-order valence-electron chi connectivity index (χ4n) is 2.98. The van der Waals surface area contributed by atoms with Gasteiger partial charge in [-0.25, -0.2) is 4.98 Å². The first-order valence-electron chi connectivity index (χ1n) is 8.68. The third-order valence-corrected chi connectivity index (χ3v) is 4.78. The van der Waals surface area contributed by atoms with Gasteiger partial charge in [-0.2, -0.15) is 0 Å². The second-order valence-corrected chi connectivity index (χ2v) is 7.66. The highest BCUT2D eigenvalue weighted by Gasteiger charge is 2.19. The maximum atomic E-state index is 13.2. The molecule has 0 aliphatic heterocycles. The standard InChI is InChI=1S/C18H23N5O3S/c1-10(2)8-23-17(25)16-13(19-18(23)27-5)6-11(3)22(16)9-15(24)20-14-7-12(4)26-21-14/h6-7,10H,8-9H2,1-5H3,(H,20,21,24). The van der Waals surface area contributed by atoms with E-state index in [1.807, 2.05) is 19.2 Å². The zero-order chi connectivity index (χ0) is 19.7. The van der Waals surface area contributed by atoms with Gasteiger partial charge in [0.25, 0.3) is 5.56 Å². The highest BCUT2D eigenvalue weighted by Crippen LogP contribution is 2.20. The number of anilines is 1. The van der Waals surface area contributed by atoms with Gasteiger partial charge >= 0.3 is 0 Å². The highest BCUT2D eigenvalue weighted by atomic mass is 32.2. The molecule has 0 spiro atoms. The van der Waals surface area contributed by atoms with Gasteiger partial charge in [-0.15, -0.1) is 0 Å².